The molecule has 0 saturated heterocycles. The van der Waals surface area contributed by atoms with E-state index in [1.54, 1.807) is 11.3 Å². The number of aliphatic hydroxyl groups is 1. The minimum atomic E-state index is -0.262. The number of rotatable bonds is 2. The van der Waals surface area contributed by atoms with Gasteiger partial charge in [0.1, 0.15) is 0 Å². The maximum Gasteiger partial charge on any atom is 0.0935 e. The molecule has 13 heavy (non-hydrogen) atoms. The Morgan fingerprint density at radius 3 is 2.62 bits per heavy atom. The molecule has 0 spiro atoms. The lowest BCUT2D eigenvalue weighted by atomic mass is 10.0. The van der Waals surface area contributed by atoms with Gasteiger partial charge in [-0.25, -0.2) is 0 Å². The number of hydrogen-bond donors (Lipinski definition) is 1. The Kier molecular flexibility index (Phi) is 2.29. The zero-order valence-electron chi connectivity index (χ0n) is 7.80. The Labute approximate surface area is 90.9 Å². The molecule has 1 aliphatic rings. The summed E-state index contributed by atoms with van der Waals surface area (Å²) in [5, 5.41) is 10.0. The molecule has 0 amide bonds. The van der Waals surface area contributed by atoms with Crippen molar-refractivity contribution in [3.8, 4) is 0 Å². The molecule has 0 bridgehead atoms. The van der Waals surface area contributed by atoms with Gasteiger partial charge in [-0.15, -0.1) is 11.3 Å². The summed E-state index contributed by atoms with van der Waals surface area (Å²) in [6, 6.07) is 2.05. The molecule has 3 heteroatoms. The summed E-state index contributed by atoms with van der Waals surface area (Å²) in [5.41, 5.74) is 0.163. The van der Waals surface area contributed by atoms with Gasteiger partial charge in [0, 0.05) is 14.2 Å². The Morgan fingerprint density at radius 2 is 2.23 bits per heavy atom. The second-order valence-corrected chi connectivity index (χ2v) is 6.25. The highest BCUT2D eigenvalue weighted by Crippen LogP contribution is 2.55. The van der Waals surface area contributed by atoms with Gasteiger partial charge in [0.05, 0.1) is 6.10 Å². The van der Waals surface area contributed by atoms with E-state index in [0.717, 1.165) is 22.2 Å². The normalized spacial score (nSPS) is 21.5. The first-order valence-electron chi connectivity index (χ1n) is 4.47. The van der Waals surface area contributed by atoms with E-state index in [9.17, 15) is 5.11 Å². The van der Waals surface area contributed by atoms with E-state index in [4.69, 9.17) is 0 Å². The van der Waals surface area contributed by atoms with Crippen molar-refractivity contribution in [2.45, 2.75) is 32.8 Å². The van der Waals surface area contributed by atoms with E-state index >= 15 is 0 Å². The number of aryl methyl sites for hydroxylation is 1. The SMILES string of the molecule is Cc1sc(C(O)C2(C)CC2)cc1Br. The average molecular weight is 261 g/mol. The molecule has 1 unspecified atom stereocenters. The zero-order chi connectivity index (χ0) is 9.64. The molecule has 0 radical (unpaired) electrons. The largest absolute Gasteiger partial charge is 0.387 e. The van der Waals surface area contributed by atoms with E-state index in [-0.39, 0.29) is 11.5 Å². The molecule has 0 aromatic carbocycles. The van der Waals surface area contributed by atoms with Gasteiger partial charge in [-0.1, -0.05) is 6.92 Å². The van der Waals surface area contributed by atoms with Crippen LogP contribution in [0.5, 0.6) is 0 Å². The first-order valence-corrected chi connectivity index (χ1v) is 6.08. The summed E-state index contributed by atoms with van der Waals surface area (Å²) in [4.78, 5) is 2.35. The molecule has 1 saturated carbocycles. The van der Waals surface area contributed by atoms with Crippen molar-refractivity contribution in [3.05, 3.63) is 20.3 Å². The van der Waals surface area contributed by atoms with Gasteiger partial charge in [0.15, 0.2) is 0 Å². The standard InChI is InChI=1S/C10H13BrOS/c1-6-7(11)5-8(13-6)9(12)10(2)3-4-10/h5,9,12H,3-4H2,1-2H3. The minimum Gasteiger partial charge on any atom is -0.387 e. The van der Waals surface area contributed by atoms with E-state index in [2.05, 4.69) is 29.8 Å². The van der Waals surface area contributed by atoms with Crippen LogP contribution in [-0.4, -0.2) is 5.11 Å². The molecule has 2 rings (SSSR count). The highest BCUT2D eigenvalue weighted by atomic mass is 79.9. The van der Waals surface area contributed by atoms with Crippen LogP contribution in [0.4, 0.5) is 0 Å². The summed E-state index contributed by atoms with van der Waals surface area (Å²) in [5.74, 6) is 0. The van der Waals surface area contributed by atoms with Crippen molar-refractivity contribution in [2.24, 2.45) is 5.41 Å². The monoisotopic (exact) mass is 260 g/mol. The molecule has 1 atom stereocenters. The van der Waals surface area contributed by atoms with Crippen LogP contribution in [0.3, 0.4) is 0 Å². The molecule has 1 nitrogen and oxygen atoms in total. The minimum absolute atomic E-state index is 0.163. The van der Waals surface area contributed by atoms with Crippen LogP contribution >= 0.6 is 27.3 Å². The Bertz CT molecular complexity index is 308. The highest BCUT2D eigenvalue weighted by Gasteiger charge is 2.45. The quantitative estimate of drug-likeness (QED) is 0.861. The first-order chi connectivity index (χ1) is 6.03. The molecule has 1 N–H and O–H groups in total. The fourth-order valence-electron chi connectivity index (χ4n) is 1.43. The first kappa shape index (κ1) is 9.69. The molecule has 1 heterocycles. The zero-order valence-corrected chi connectivity index (χ0v) is 10.2. The van der Waals surface area contributed by atoms with E-state index in [0.29, 0.717) is 0 Å². The van der Waals surface area contributed by atoms with E-state index < -0.39 is 0 Å². The lowest BCUT2D eigenvalue weighted by molar-refractivity contribution is 0.107. The molecule has 72 valence electrons. The molecule has 1 aliphatic carbocycles. The second-order valence-electron chi connectivity index (χ2n) is 4.11. The Morgan fingerprint density at radius 1 is 1.62 bits per heavy atom. The summed E-state index contributed by atoms with van der Waals surface area (Å²) >= 11 is 5.16. The number of thiophene rings is 1. The van der Waals surface area contributed by atoms with Crippen LogP contribution in [0.15, 0.2) is 10.5 Å². The molecule has 0 aliphatic heterocycles. The molecule has 1 fully saturated rings. The third-order valence-electron chi connectivity index (χ3n) is 2.84. The number of hydrogen-bond acceptors (Lipinski definition) is 2. The van der Waals surface area contributed by atoms with Crippen LogP contribution in [-0.2, 0) is 0 Å². The summed E-state index contributed by atoms with van der Waals surface area (Å²) < 4.78 is 1.12. The van der Waals surface area contributed by atoms with Crippen LogP contribution in [0, 0.1) is 12.3 Å². The van der Waals surface area contributed by atoms with Crippen LogP contribution in [0.2, 0.25) is 0 Å². The van der Waals surface area contributed by atoms with Gasteiger partial charge < -0.3 is 5.11 Å². The predicted molar refractivity (Wildman–Crippen MR) is 59.1 cm³/mol. The lowest BCUT2D eigenvalue weighted by Gasteiger charge is -2.15. The van der Waals surface area contributed by atoms with Gasteiger partial charge in [-0.2, -0.15) is 0 Å². The molecule has 1 aromatic heterocycles. The topological polar surface area (TPSA) is 20.2 Å². The summed E-state index contributed by atoms with van der Waals surface area (Å²) in [6.07, 6.45) is 2.05. The lowest BCUT2D eigenvalue weighted by Crippen LogP contribution is -2.07. The maximum absolute atomic E-state index is 10.0. The van der Waals surface area contributed by atoms with Crippen molar-refractivity contribution >= 4 is 27.3 Å². The van der Waals surface area contributed by atoms with Gasteiger partial charge in [0.2, 0.25) is 0 Å². The summed E-state index contributed by atoms with van der Waals surface area (Å²) in [7, 11) is 0. The van der Waals surface area contributed by atoms with Gasteiger partial charge in [0.25, 0.3) is 0 Å². The van der Waals surface area contributed by atoms with Crippen molar-refractivity contribution in [3.63, 3.8) is 0 Å². The van der Waals surface area contributed by atoms with Crippen LogP contribution < -0.4 is 0 Å². The fraction of sp³-hybridized carbons (Fsp3) is 0.600. The number of aliphatic hydroxyl groups excluding tert-OH is 1. The Hall–Kier alpha value is 0.140. The van der Waals surface area contributed by atoms with Gasteiger partial charge >= 0.3 is 0 Å². The van der Waals surface area contributed by atoms with Crippen molar-refractivity contribution in [1.29, 1.82) is 0 Å². The third-order valence-corrected chi connectivity index (χ3v) is 5.03. The molecular weight excluding hydrogens is 248 g/mol. The predicted octanol–water partition coefficient (Wildman–Crippen LogP) is 3.65. The third kappa shape index (κ3) is 1.69. The van der Waals surface area contributed by atoms with Crippen molar-refractivity contribution in [1.82, 2.24) is 0 Å². The summed E-state index contributed by atoms with van der Waals surface area (Å²) in [6.45, 7) is 4.22. The second kappa shape index (κ2) is 3.07. The average Bonchev–Trinajstić information content (AvgIpc) is 2.74. The number of halogens is 1. The Balaban J connectivity index is 2.25. The van der Waals surface area contributed by atoms with Crippen molar-refractivity contribution < 1.29 is 5.11 Å². The van der Waals surface area contributed by atoms with E-state index in [1.165, 1.54) is 4.88 Å². The highest BCUT2D eigenvalue weighted by molar-refractivity contribution is 9.10. The van der Waals surface area contributed by atoms with Crippen LogP contribution in [0.25, 0.3) is 0 Å². The van der Waals surface area contributed by atoms with Crippen LogP contribution in [0.1, 0.15) is 35.6 Å². The van der Waals surface area contributed by atoms with Gasteiger partial charge in [-0.3, -0.25) is 0 Å². The fourth-order valence-corrected chi connectivity index (χ4v) is 3.15. The molecular formula is C10H13BrOS. The van der Waals surface area contributed by atoms with Crippen molar-refractivity contribution in [2.75, 3.05) is 0 Å². The van der Waals surface area contributed by atoms with E-state index in [1.807, 2.05) is 6.07 Å². The molecule has 1 aromatic rings. The van der Waals surface area contributed by atoms with Gasteiger partial charge in [-0.05, 0) is 47.2 Å². The smallest absolute Gasteiger partial charge is 0.0935 e. The maximum atomic E-state index is 10.0.